The molecule has 0 bridgehead atoms. The summed E-state index contributed by atoms with van der Waals surface area (Å²) in [5.74, 6) is 0.607. The molecule has 1 N–H and O–H groups in total. The van der Waals surface area contributed by atoms with Crippen LogP contribution in [0.15, 0.2) is 48.5 Å². The van der Waals surface area contributed by atoms with E-state index in [-0.39, 0.29) is 13.3 Å². The predicted octanol–water partition coefficient (Wildman–Crippen LogP) is 3.89. The predicted molar refractivity (Wildman–Crippen MR) is 78.9 cm³/mol. The summed E-state index contributed by atoms with van der Waals surface area (Å²) in [6.45, 7) is 1.94. The summed E-state index contributed by atoms with van der Waals surface area (Å²) in [5, 5.41) is 2.88. The lowest BCUT2D eigenvalue weighted by Gasteiger charge is -2.10. The molecule has 0 radical (unpaired) electrons. The maximum atomic E-state index is 12.0. The Morgan fingerprint density at radius 3 is 2.42 bits per heavy atom. The molecule has 0 spiro atoms. The first-order valence-electron chi connectivity index (χ1n) is 5.72. The van der Waals surface area contributed by atoms with E-state index >= 15 is 0 Å². The molecular weight excluding hydrogens is 238 g/mol. The number of carbonyl (C=O) groups excluding carboxylic acids is 1. The molecule has 0 saturated carbocycles. The van der Waals surface area contributed by atoms with Crippen molar-refractivity contribution in [3.05, 3.63) is 59.7 Å². The van der Waals surface area contributed by atoms with Crippen LogP contribution in [-0.4, -0.2) is 13.0 Å². The van der Waals surface area contributed by atoms with Gasteiger partial charge < -0.3 is 10.1 Å². The van der Waals surface area contributed by atoms with Gasteiger partial charge >= 0.3 is 0 Å². The molecule has 2 aromatic rings. The minimum atomic E-state index is -0.119. The molecule has 0 aliphatic carbocycles. The van der Waals surface area contributed by atoms with E-state index in [0.29, 0.717) is 5.56 Å². The lowest BCUT2D eigenvalue weighted by Crippen LogP contribution is -2.12. The van der Waals surface area contributed by atoms with Crippen molar-refractivity contribution >= 4 is 11.6 Å². The Kier molecular flexibility index (Phi) is 5.12. The van der Waals surface area contributed by atoms with Crippen molar-refractivity contribution in [2.24, 2.45) is 0 Å². The smallest absolute Gasteiger partial charge is 0.255 e. The molecule has 0 unspecified atom stereocenters. The van der Waals surface area contributed by atoms with Crippen LogP contribution in [-0.2, 0) is 0 Å². The summed E-state index contributed by atoms with van der Waals surface area (Å²) < 4.78 is 5.15. The molecule has 2 aromatic carbocycles. The number of hydrogen-bond acceptors (Lipinski definition) is 2. The van der Waals surface area contributed by atoms with Crippen molar-refractivity contribution in [2.45, 2.75) is 14.4 Å². The second-order valence-electron chi connectivity index (χ2n) is 4.00. The van der Waals surface area contributed by atoms with E-state index in [1.165, 1.54) is 0 Å². The van der Waals surface area contributed by atoms with Gasteiger partial charge in [-0.3, -0.25) is 4.79 Å². The molecule has 0 fully saturated rings. The zero-order valence-electron chi connectivity index (χ0n) is 10.4. The fraction of sp³-hybridized carbons (Fsp3) is 0.188. The molecule has 2 rings (SSSR count). The molecular formula is C16H19NO2. The second-order valence-corrected chi connectivity index (χ2v) is 4.00. The van der Waals surface area contributed by atoms with Crippen LogP contribution in [0.2, 0.25) is 0 Å². The molecule has 0 aromatic heterocycles. The number of carbonyl (C=O) groups is 1. The highest BCUT2D eigenvalue weighted by Gasteiger charge is 2.07. The van der Waals surface area contributed by atoms with Crippen LogP contribution in [0.3, 0.4) is 0 Å². The number of ether oxygens (including phenoxy) is 1. The average molecular weight is 257 g/mol. The maximum Gasteiger partial charge on any atom is 0.255 e. The summed E-state index contributed by atoms with van der Waals surface area (Å²) in [4.78, 5) is 12.0. The third-order valence-corrected chi connectivity index (χ3v) is 2.73. The van der Waals surface area contributed by atoms with Crippen LogP contribution in [0.25, 0.3) is 0 Å². The van der Waals surface area contributed by atoms with Crippen molar-refractivity contribution in [1.82, 2.24) is 0 Å². The first kappa shape index (κ1) is 14.8. The van der Waals surface area contributed by atoms with Crippen LogP contribution >= 0.6 is 0 Å². The molecule has 3 heteroatoms. The van der Waals surface area contributed by atoms with Crippen molar-refractivity contribution in [3.8, 4) is 5.75 Å². The van der Waals surface area contributed by atoms with Crippen LogP contribution in [0, 0.1) is 6.92 Å². The van der Waals surface area contributed by atoms with Gasteiger partial charge in [0.2, 0.25) is 0 Å². The highest BCUT2D eigenvalue weighted by Crippen LogP contribution is 2.22. The van der Waals surface area contributed by atoms with Gasteiger partial charge in [-0.15, -0.1) is 0 Å². The quantitative estimate of drug-likeness (QED) is 0.905. The number of methoxy groups -OCH3 is 1. The second kappa shape index (κ2) is 6.59. The standard InChI is InChI=1S/C15H15NO2.CH4/c1-11-8-9-13(18-2)10-14(11)16-15(17)12-6-4-3-5-7-12;/h3-10H,1-2H3,(H,16,17);1H4. The minimum absolute atomic E-state index is 0. The summed E-state index contributed by atoms with van der Waals surface area (Å²) >= 11 is 0. The van der Waals surface area contributed by atoms with Crippen molar-refractivity contribution in [3.63, 3.8) is 0 Å². The zero-order valence-corrected chi connectivity index (χ0v) is 10.4. The van der Waals surface area contributed by atoms with E-state index in [9.17, 15) is 4.79 Å². The van der Waals surface area contributed by atoms with E-state index in [0.717, 1.165) is 17.0 Å². The van der Waals surface area contributed by atoms with Gasteiger partial charge in [-0.25, -0.2) is 0 Å². The molecule has 0 heterocycles. The molecule has 3 nitrogen and oxygen atoms in total. The van der Waals surface area contributed by atoms with Gasteiger partial charge in [-0.1, -0.05) is 31.7 Å². The third kappa shape index (κ3) is 3.58. The van der Waals surface area contributed by atoms with E-state index < -0.39 is 0 Å². The lowest BCUT2D eigenvalue weighted by molar-refractivity contribution is 0.102. The average Bonchev–Trinajstić information content (AvgIpc) is 2.42. The van der Waals surface area contributed by atoms with Gasteiger partial charge in [0, 0.05) is 17.3 Å². The van der Waals surface area contributed by atoms with Gasteiger partial charge in [0.25, 0.3) is 5.91 Å². The summed E-state index contributed by atoms with van der Waals surface area (Å²) in [7, 11) is 1.60. The van der Waals surface area contributed by atoms with Crippen molar-refractivity contribution in [2.75, 3.05) is 12.4 Å². The fourth-order valence-electron chi connectivity index (χ4n) is 1.65. The zero-order chi connectivity index (χ0) is 13.0. The normalized spacial score (nSPS) is 9.37. The molecule has 19 heavy (non-hydrogen) atoms. The van der Waals surface area contributed by atoms with Gasteiger partial charge in [-0.05, 0) is 30.7 Å². The van der Waals surface area contributed by atoms with Crippen molar-refractivity contribution in [1.29, 1.82) is 0 Å². The molecule has 0 aliphatic rings. The van der Waals surface area contributed by atoms with Crippen LogP contribution in [0.5, 0.6) is 5.75 Å². The summed E-state index contributed by atoms with van der Waals surface area (Å²) in [6.07, 6.45) is 0. The third-order valence-electron chi connectivity index (χ3n) is 2.73. The Morgan fingerprint density at radius 1 is 1.11 bits per heavy atom. The van der Waals surface area contributed by atoms with E-state index in [4.69, 9.17) is 4.74 Å². The van der Waals surface area contributed by atoms with Crippen LogP contribution < -0.4 is 10.1 Å². The Morgan fingerprint density at radius 2 is 1.79 bits per heavy atom. The first-order chi connectivity index (χ1) is 8.70. The monoisotopic (exact) mass is 257 g/mol. The fourth-order valence-corrected chi connectivity index (χ4v) is 1.65. The topological polar surface area (TPSA) is 38.3 Å². The highest BCUT2D eigenvalue weighted by molar-refractivity contribution is 6.04. The summed E-state index contributed by atoms with van der Waals surface area (Å²) in [5.41, 5.74) is 2.41. The Labute approximate surface area is 114 Å². The maximum absolute atomic E-state index is 12.0. The van der Waals surface area contributed by atoms with Crippen molar-refractivity contribution < 1.29 is 9.53 Å². The lowest BCUT2D eigenvalue weighted by atomic mass is 10.1. The number of benzene rings is 2. The molecule has 0 aliphatic heterocycles. The number of hydrogen-bond donors (Lipinski definition) is 1. The Hall–Kier alpha value is -2.29. The molecule has 0 atom stereocenters. The molecule has 1 amide bonds. The number of aryl methyl sites for hydroxylation is 1. The number of rotatable bonds is 3. The molecule has 100 valence electrons. The van der Waals surface area contributed by atoms with Crippen LogP contribution in [0.1, 0.15) is 23.3 Å². The van der Waals surface area contributed by atoms with Crippen LogP contribution in [0.4, 0.5) is 5.69 Å². The van der Waals surface area contributed by atoms with E-state index in [1.54, 1.807) is 19.2 Å². The SMILES string of the molecule is C.COc1ccc(C)c(NC(=O)c2ccccc2)c1. The Bertz CT molecular complexity index is 550. The molecule has 0 saturated heterocycles. The van der Waals surface area contributed by atoms with E-state index in [2.05, 4.69) is 5.32 Å². The van der Waals surface area contributed by atoms with Gasteiger partial charge in [-0.2, -0.15) is 0 Å². The minimum Gasteiger partial charge on any atom is -0.497 e. The first-order valence-corrected chi connectivity index (χ1v) is 5.72. The highest BCUT2D eigenvalue weighted by atomic mass is 16.5. The van der Waals surface area contributed by atoms with Gasteiger partial charge in [0.1, 0.15) is 5.75 Å². The Balaban J connectivity index is 0.00000180. The van der Waals surface area contributed by atoms with Gasteiger partial charge in [0.15, 0.2) is 0 Å². The summed E-state index contributed by atoms with van der Waals surface area (Å²) in [6, 6.07) is 14.7. The largest absolute Gasteiger partial charge is 0.497 e. The number of anilines is 1. The number of amides is 1. The van der Waals surface area contributed by atoms with Gasteiger partial charge in [0.05, 0.1) is 7.11 Å². The number of nitrogens with one attached hydrogen (secondary N) is 1. The van der Waals surface area contributed by atoms with E-state index in [1.807, 2.05) is 43.3 Å².